The molecular formula is C15H28N4O2. The lowest BCUT2D eigenvalue weighted by Crippen LogP contribution is -2.49. The molecule has 3 N–H and O–H groups in total. The van der Waals surface area contributed by atoms with Crippen molar-refractivity contribution in [3.63, 3.8) is 0 Å². The van der Waals surface area contributed by atoms with Gasteiger partial charge in [0, 0.05) is 18.6 Å². The molecule has 2 aliphatic rings. The summed E-state index contributed by atoms with van der Waals surface area (Å²) in [4.78, 5) is 25.6. The fourth-order valence-electron chi connectivity index (χ4n) is 3.34. The van der Waals surface area contributed by atoms with Crippen molar-refractivity contribution in [1.82, 2.24) is 20.9 Å². The average Bonchev–Trinajstić information content (AvgIpc) is 2.91. The molecule has 6 heteroatoms. The maximum absolute atomic E-state index is 11.9. The fraction of sp³-hybridized carbons (Fsp3) is 0.867. The molecule has 2 heterocycles. The Morgan fingerprint density at radius 3 is 2.76 bits per heavy atom. The Labute approximate surface area is 127 Å². The Bertz CT molecular complexity index is 367. The number of imide groups is 1. The summed E-state index contributed by atoms with van der Waals surface area (Å²) in [5.74, 6) is 0.423. The molecule has 0 aromatic rings. The number of nitrogens with one attached hydrogen (secondary N) is 3. The highest BCUT2D eigenvalue weighted by Gasteiger charge is 2.29. The lowest BCUT2D eigenvalue weighted by Gasteiger charge is -2.35. The zero-order valence-corrected chi connectivity index (χ0v) is 13.2. The van der Waals surface area contributed by atoms with Gasteiger partial charge in [-0.2, -0.15) is 0 Å². The molecule has 2 rings (SSSR count). The zero-order chi connectivity index (χ0) is 15.2. The van der Waals surface area contributed by atoms with E-state index in [0.717, 1.165) is 26.1 Å². The number of likely N-dealkylation sites (tertiary alicyclic amines) is 1. The van der Waals surface area contributed by atoms with Gasteiger partial charge in [-0.25, -0.2) is 4.79 Å². The third-order valence-corrected chi connectivity index (χ3v) is 4.25. The molecule has 0 bridgehead atoms. The van der Waals surface area contributed by atoms with E-state index in [1.807, 2.05) is 13.8 Å². The summed E-state index contributed by atoms with van der Waals surface area (Å²) in [6, 6.07) is 0.242. The summed E-state index contributed by atoms with van der Waals surface area (Å²) < 4.78 is 0. The van der Waals surface area contributed by atoms with E-state index in [9.17, 15) is 9.59 Å². The highest BCUT2D eigenvalue weighted by atomic mass is 16.2. The van der Waals surface area contributed by atoms with Crippen LogP contribution in [0.2, 0.25) is 0 Å². The summed E-state index contributed by atoms with van der Waals surface area (Å²) in [5, 5.41) is 8.62. The molecule has 0 saturated carbocycles. The molecule has 0 aromatic heterocycles. The van der Waals surface area contributed by atoms with Crippen molar-refractivity contribution in [2.24, 2.45) is 5.92 Å². The van der Waals surface area contributed by atoms with E-state index in [1.54, 1.807) is 0 Å². The van der Waals surface area contributed by atoms with E-state index in [2.05, 4.69) is 20.9 Å². The number of piperidine rings is 1. The van der Waals surface area contributed by atoms with Gasteiger partial charge in [0.25, 0.3) is 0 Å². The molecule has 120 valence electrons. The molecule has 2 aliphatic heterocycles. The van der Waals surface area contributed by atoms with Gasteiger partial charge in [-0.05, 0) is 58.5 Å². The van der Waals surface area contributed by atoms with Crippen molar-refractivity contribution in [2.45, 2.75) is 51.6 Å². The van der Waals surface area contributed by atoms with Crippen LogP contribution in [-0.4, -0.2) is 55.1 Å². The zero-order valence-electron chi connectivity index (χ0n) is 13.2. The summed E-state index contributed by atoms with van der Waals surface area (Å²) in [7, 11) is 0. The number of carbonyl (C=O) groups is 2. The van der Waals surface area contributed by atoms with Crippen molar-refractivity contribution in [1.29, 1.82) is 0 Å². The molecule has 3 amide bonds. The van der Waals surface area contributed by atoms with Crippen LogP contribution in [-0.2, 0) is 4.79 Å². The summed E-state index contributed by atoms with van der Waals surface area (Å²) >= 11 is 0. The van der Waals surface area contributed by atoms with Gasteiger partial charge in [0.05, 0.1) is 6.54 Å². The smallest absolute Gasteiger partial charge is 0.321 e. The number of amides is 3. The molecular weight excluding hydrogens is 268 g/mol. The first-order chi connectivity index (χ1) is 10.0. The van der Waals surface area contributed by atoms with Gasteiger partial charge in [-0.15, -0.1) is 0 Å². The van der Waals surface area contributed by atoms with E-state index in [4.69, 9.17) is 0 Å². The van der Waals surface area contributed by atoms with E-state index in [0.29, 0.717) is 18.5 Å². The van der Waals surface area contributed by atoms with Gasteiger partial charge in [-0.1, -0.05) is 0 Å². The molecule has 0 radical (unpaired) electrons. The number of hydrogen-bond donors (Lipinski definition) is 3. The first-order valence-corrected chi connectivity index (χ1v) is 8.10. The molecule has 6 nitrogen and oxygen atoms in total. The lowest BCUT2D eigenvalue weighted by molar-refractivity contribution is -0.121. The highest BCUT2D eigenvalue weighted by molar-refractivity contribution is 5.95. The van der Waals surface area contributed by atoms with Crippen molar-refractivity contribution < 1.29 is 9.59 Å². The van der Waals surface area contributed by atoms with Crippen molar-refractivity contribution in [3.05, 3.63) is 0 Å². The molecule has 21 heavy (non-hydrogen) atoms. The van der Waals surface area contributed by atoms with Crippen LogP contribution in [0.25, 0.3) is 0 Å². The highest BCUT2D eigenvalue weighted by Crippen LogP contribution is 2.24. The Hall–Kier alpha value is -1.14. The standard InChI is InChI=1S/C15H28N4O2/c1-11(2)17-15(21)18-14(20)10-19-8-4-5-12(9-19)13-6-3-7-16-13/h11-13,16H,3-10H2,1-2H3,(H2,17,18,20,21). The second-order valence-corrected chi connectivity index (χ2v) is 6.52. The summed E-state index contributed by atoms with van der Waals surface area (Å²) in [6.07, 6.45) is 4.89. The number of nitrogens with zero attached hydrogens (tertiary/aromatic N) is 1. The second kappa shape index (κ2) is 7.75. The normalized spacial score (nSPS) is 26.8. The minimum absolute atomic E-state index is 0.0330. The van der Waals surface area contributed by atoms with Crippen molar-refractivity contribution in [2.75, 3.05) is 26.2 Å². The monoisotopic (exact) mass is 296 g/mol. The number of hydrogen-bond acceptors (Lipinski definition) is 4. The van der Waals surface area contributed by atoms with Crippen molar-refractivity contribution in [3.8, 4) is 0 Å². The maximum atomic E-state index is 11.9. The van der Waals surface area contributed by atoms with E-state index in [1.165, 1.54) is 19.3 Å². The quantitative estimate of drug-likeness (QED) is 0.713. The predicted octanol–water partition coefficient (Wildman–Crippen LogP) is 0.685. The Kier molecular flexibility index (Phi) is 5.99. The minimum atomic E-state index is -0.402. The molecule has 0 spiro atoms. The number of carbonyl (C=O) groups excluding carboxylic acids is 2. The van der Waals surface area contributed by atoms with Crippen LogP contribution in [0.3, 0.4) is 0 Å². The lowest BCUT2D eigenvalue weighted by atomic mass is 9.90. The largest absolute Gasteiger partial charge is 0.336 e. The first kappa shape index (κ1) is 16.2. The average molecular weight is 296 g/mol. The molecule has 2 atom stereocenters. The Balaban J connectivity index is 1.74. The van der Waals surface area contributed by atoms with Crippen LogP contribution < -0.4 is 16.0 Å². The summed E-state index contributed by atoms with van der Waals surface area (Å²) in [5.41, 5.74) is 0. The molecule has 2 saturated heterocycles. The predicted molar refractivity (Wildman–Crippen MR) is 82.0 cm³/mol. The number of urea groups is 1. The first-order valence-electron chi connectivity index (χ1n) is 8.10. The van der Waals surface area contributed by atoms with Crippen LogP contribution >= 0.6 is 0 Å². The topological polar surface area (TPSA) is 73.5 Å². The Morgan fingerprint density at radius 2 is 2.10 bits per heavy atom. The minimum Gasteiger partial charge on any atom is -0.336 e. The molecule has 0 aromatic carbocycles. The van der Waals surface area contributed by atoms with E-state index >= 15 is 0 Å². The Morgan fingerprint density at radius 1 is 1.29 bits per heavy atom. The van der Waals surface area contributed by atoms with Gasteiger partial charge < -0.3 is 10.6 Å². The fourth-order valence-corrected chi connectivity index (χ4v) is 3.34. The van der Waals surface area contributed by atoms with Gasteiger partial charge >= 0.3 is 6.03 Å². The molecule has 0 aliphatic carbocycles. The van der Waals surface area contributed by atoms with Gasteiger partial charge in [0.15, 0.2) is 0 Å². The third-order valence-electron chi connectivity index (χ3n) is 4.25. The van der Waals surface area contributed by atoms with Crippen LogP contribution in [0.15, 0.2) is 0 Å². The van der Waals surface area contributed by atoms with Crippen LogP contribution in [0.4, 0.5) is 4.79 Å². The van der Waals surface area contributed by atoms with Gasteiger partial charge in [-0.3, -0.25) is 15.0 Å². The second-order valence-electron chi connectivity index (χ2n) is 6.52. The van der Waals surface area contributed by atoms with Gasteiger partial charge in [0.2, 0.25) is 5.91 Å². The maximum Gasteiger partial charge on any atom is 0.321 e. The van der Waals surface area contributed by atoms with E-state index in [-0.39, 0.29) is 11.9 Å². The van der Waals surface area contributed by atoms with Crippen LogP contribution in [0.5, 0.6) is 0 Å². The summed E-state index contributed by atoms with van der Waals surface area (Å²) in [6.45, 7) is 7.08. The molecule has 2 fully saturated rings. The molecule has 2 unspecified atom stereocenters. The SMILES string of the molecule is CC(C)NC(=O)NC(=O)CN1CCCC(C2CCCN2)C1. The van der Waals surface area contributed by atoms with Crippen LogP contribution in [0.1, 0.15) is 39.5 Å². The van der Waals surface area contributed by atoms with Gasteiger partial charge in [0.1, 0.15) is 0 Å². The van der Waals surface area contributed by atoms with Crippen LogP contribution in [0, 0.1) is 5.92 Å². The number of rotatable bonds is 4. The third kappa shape index (κ3) is 5.28. The van der Waals surface area contributed by atoms with Crippen molar-refractivity contribution >= 4 is 11.9 Å². The van der Waals surface area contributed by atoms with E-state index < -0.39 is 6.03 Å².